The van der Waals surface area contributed by atoms with Crippen molar-refractivity contribution in [2.45, 2.75) is 6.92 Å². The molecule has 4 heteroatoms. The number of aryl methyl sites for hydroxylation is 1. The Morgan fingerprint density at radius 1 is 0.913 bits per heavy atom. The van der Waals surface area contributed by atoms with E-state index in [1.54, 1.807) is 12.4 Å². The molecule has 1 N–H and O–H groups in total. The normalized spacial score (nSPS) is 10.8. The van der Waals surface area contributed by atoms with Gasteiger partial charge in [0.05, 0.1) is 0 Å². The van der Waals surface area contributed by atoms with Gasteiger partial charge in [0.1, 0.15) is 17.2 Å². The van der Waals surface area contributed by atoms with Crippen molar-refractivity contribution in [2.24, 2.45) is 0 Å². The van der Waals surface area contributed by atoms with Crippen molar-refractivity contribution in [3.8, 4) is 11.3 Å². The first-order valence-corrected chi connectivity index (χ1v) is 7.52. The van der Waals surface area contributed by atoms with E-state index in [2.05, 4.69) is 33.9 Å². The zero-order valence-corrected chi connectivity index (χ0v) is 12.8. The minimum atomic E-state index is 0.917. The van der Waals surface area contributed by atoms with Crippen molar-refractivity contribution in [3.05, 3.63) is 78.8 Å². The van der Waals surface area contributed by atoms with Gasteiger partial charge in [-0.1, -0.05) is 24.3 Å². The molecule has 1 aromatic carbocycles. The molecular weight excluding hydrogens is 284 g/mol. The number of hydrogen-bond donors (Lipinski definition) is 1. The summed E-state index contributed by atoms with van der Waals surface area (Å²) in [5, 5.41) is 3.50. The van der Waals surface area contributed by atoms with Crippen molar-refractivity contribution in [1.29, 1.82) is 0 Å². The van der Waals surface area contributed by atoms with Crippen LogP contribution in [0.15, 0.2) is 73.2 Å². The lowest BCUT2D eigenvalue weighted by molar-refractivity contribution is 1.16. The number of pyridine rings is 2. The SMILES string of the molecule is Cc1ccc2nc(-c3ccncc3)c(Nc3ccccc3)n2c1. The van der Waals surface area contributed by atoms with E-state index < -0.39 is 0 Å². The van der Waals surface area contributed by atoms with Crippen molar-refractivity contribution in [3.63, 3.8) is 0 Å². The van der Waals surface area contributed by atoms with Crippen LogP contribution < -0.4 is 5.32 Å². The number of nitrogens with one attached hydrogen (secondary N) is 1. The van der Waals surface area contributed by atoms with E-state index in [-0.39, 0.29) is 0 Å². The van der Waals surface area contributed by atoms with Crippen LogP contribution in [0.4, 0.5) is 11.5 Å². The van der Waals surface area contributed by atoms with Crippen LogP contribution in [-0.2, 0) is 0 Å². The number of benzene rings is 1. The summed E-state index contributed by atoms with van der Waals surface area (Å²) in [4.78, 5) is 8.89. The molecule has 112 valence electrons. The highest BCUT2D eigenvalue weighted by Gasteiger charge is 2.14. The third-order valence-corrected chi connectivity index (χ3v) is 3.76. The van der Waals surface area contributed by atoms with Gasteiger partial charge in [0.15, 0.2) is 0 Å². The summed E-state index contributed by atoms with van der Waals surface area (Å²) < 4.78 is 2.10. The summed E-state index contributed by atoms with van der Waals surface area (Å²) in [7, 11) is 0. The highest BCUT2D eigenvalue weighted by atomic mass is 15.1. The standard InChI is InChI=1S/C19H16N4/c1-14-7-8-17-22-18(15-9-11-20-12-10-15)19(23(17)13-14)21-16-5-3-2-4-6-16/h2-13,21H,1H3. The topological polar surface area (TPSA) is 42.2 Å². The number of fused-ring (bicyclic) bond motifs is 1. The van der Waals surface area contributed by atoms with Crippen LogP contribution in [0, 0.1) is 6.92 Å². The Morgan fingerprint density at radius 2 is 1.70 bits per heavy atom. The molecule has 0 spiro atoms. The number of anilines is 2. The van der Waals surface area contributed by atoms with Gasteiger partial charge in [-0.05, 0) is 42.8 Å². The Morgan fingerprint density at radius 3 is 2.48 bits per heavy atom. The molecule has 0 bridgehead atoms. The Bertz CT molecular complexity index is 943. The van der Waals surface area contributed by atoms with E-state index in [9.17, 15) is 0 Å². The van der Waals surface area contributed by atoms with Crippen molar-refractivity contribution < 1.29 is 0 Å². The van der Waals surface area contributed by atoms with E-state index in [0.717, 1.165) is 28.4 Å². The van der Waals surface area contributed by atoms with Crippen LogP contribution in [0.3, 0.4) is 0 Å². The maximum atomic E-state index is 4.79. The third kappa shape index (κ3) is 2.55. The summed E-state index contributed by atoms with van der Waals surface area (Å²) in [5.74, 6) is 0.959. The average molecular weight is 300 g/mol. The van der Waals surface area contributed by atoms with Gasteiger partial charge in [0.25, 0.3) is 0 Å². The summed E-state index contributed by atoms with van der Waals surface area (Å²) >= 11 is 0. The van der Waals surface area contributed by atoms with Gasteiger partial charge in [-0.15, -0.1) is 0 Å². The van der Waals surface area contributed by atoms with Crippen LogP contribution in [0.5, 0.6) is 0 Å². The number of hydrogen-bond acceptors (Lipinski definition) is 3. The van der Waals surface area contributed by atoms with Gasteiger partial charge in [-0.2, -0.15) is 0 Å². The maximum absolute atomic E-state index is 4.79. The lowest BCUT2D eigenvalue weighted by Crippen LogP contribution is -1.97. The molecule has 0 aliphatic heterocycles. The zero-order chi connectivity index (χ0) is 15.6. The molecule has 3 heterocycles. The smallest absolute Gasteiger partial charge is 0.143 e. The van der Waals surface area contributed by atoms with E-state index in [0.29, 0.717) is 0 Å². The molecule has 0 aliphatic carbocycles. The second kappa shape index (κ2) is 5.57. The van der Waals surface area contributed by atoms with Crippen molar-refractivity contribution in [2.75, 3.05) is 5.32 Å². The predicted octanol–water partition coefficient (Wildman–Crippen LogP) is 4.45. The Balaban J connectivity index is 1.93. The maximum Gasteiger partial charge on any atom is 0.143 e. The number of nitrogens with zero attached hydrogens (tertiary/aromatic N) is 3. The zero-order valence-electron chi connectivity index (χ0n) is 12.8. The minimum absolute atomic E-state index is 0.917. The number of rotatable bonds is 3. The van der Waals surface area contributed by atoms with Gasteiger partial charge in [0, 0.05) is 29.8 Å². The average Bonchev–Trinajstić information content (AvgIpc) is 2.95. The Hall–Kier alpha value is -3.14. The fraction of sp³-hybridized carbons (Fsp3) is 0.0526. The monoisotopic (exact) mass is 300 g/mol. The molecule has 0 radical (unpaired) electrons. The summed E-state index contributed by atoms with van der Waals surface area (Å²) in [6.45, 7) is 2.08. The van der Waals surface area contributed by atoms with Gasteiger partial charge in [-0.25, -0.2) is 4.98 Å². The molecule has 4 nitrogen and oxygen atoms in total. The second-order valence-electron chi connectivity index (χ2n) is 5.47. The number of imidazole rings is 1. The Labute approximate surface area is 134 Å². The van der Waals surface area contributed by atoms with Gasteiger partial charge < -0.3 is 5.32 Å². The lowest BCUT2D eigenvalue weighted by atomic mass is 10.2. The lowest BCUT2D eigenvalue weighted by Gasteiger charge is -2.09. The fourth-order valence-corrected chi connectivity index (χ4v) is 2.64. The molecule has 3 aromatic heterocycles. The summed E-state index contributed by atoms with van der Waals surface area (Å²) in [5.41, 5.74) is 5.10. The van der Waals surface area contributed by atoms with E-state index in [4.69, 9.17) is 4.98 Å². The Kier molecular flexibility index (Phi) is 3.27. The van der Waals surface area contributed by atoms with Crippen LogP contribution in [0.1, 0.15) is 5.56 Å². The first kappa shape index (κ1) is 13.5. The van der Waals surface area contributed by atoms with Gasteiger partial charge in [-0.3, -0.25) is 9.38 Å². The molecule has 0 unspecified atom stereocenters. The van der Waals surface area contributed by atoms with Crippen LogP contribution in [0.2, 0.25) is 0 Å². The van der Waals surface area contributed by atoms with Crippen molar-refractivity contribution in [1.82, 2.24) is 14.4 Å². The highest BCUT2D eigenvalue weighted by Crippen LogP contribution is 2.30. The van der Waals surface area contributed by atoms with Crippen LogP contribution in [-0.4, -0.2) is 14.4 Å². The van der Waals surface area contributed by atoms with Gasteiger partial charge in [0.2, 0.25) is 0 Å². The first-order chi connectivity index (χ1) is 11.3. The van der Waals surface area contributed by atoms with E-state index >= 15 is 0 Å². The van der Waals surface area contributed by atoms with Gasteiger partial charge >= 0.3 is 0 Å². The fourth-order valence-electron chi connectivity index (χ4n) is 2.64. The third-order valence-electron chi connectivity index (χ3n) is 3.76. The molecule has 0 atom stereocenters. The summed E-state index contributed by atoms with van der Waals surface area (Å²) in [6, 6.07) is 18.2. The molecule has 0 amide bonds. The van der Waals surface area contributed by atoms with E-state index in [1.165, 1.54) is 5.56 Å². The number of aromatic nitrogens is 3. The molecule has 0 aliphatic rings. The van der Waals surface area contributed by atoms with Crippen LogP contribution in [0.25, 0.3) is 16.9 Å². The molecular formula is C19H16N4. The molecule has 23 heavy (non-hydrogen) atoms. The van der Waals surface area contributed by atoms with Crippen LogP contribution >= 0.6 is 0 Å². The first-order valence-electron chi connectivity index (χ1n) is 7.52. The molecule has 0 fully saturated rings. The largest absolute Gasteiger partial charge is 0.339 e. The minimum Gasteiger partial charge on any atom is -0.339 e. The quantitative estimate of drug-likeness (QED) is 0.608. The highest BCUT2D eigenvalue weighted by molar-refractivity contribution is 5.79. The van der Waals surface area contributed by atoms with Crippen molar-refractivity contribution >= 4 is 17.2 Å². The molecule has 0 saturated carbocycles. The second-order valence-corrected chi connectivity index (χ2v) is 5.47. The molecule has 4 rings (SSSR count). The van der Waals surface area contributed by atoms with E-state index in [1.807, 2.05) is 48.5 Å². The molecule has 4 aromatic rings. The number of para-hydroxylation sites is 1. The summed E-state index contributed by atoms with van der Waals surface area (Å²) in [6.07, 6.45) is 5.67. The molecule has 0 saturated heterocycles. The predicted molar refractivity (Wildman–Crippen MR) is 92.9 cm³/mol.